The number of ether oxygens (including phenoxy) is 2. The van der Waals surface area contributed by atoms with E-state index in [0.717, 1.165) is 22.0 Å². The lowest BCUT2D eigenvalue weighted by Gasteiger charge is -2.11. The van der Waals surface area contributed by atoms with Gasteiger partial charge in [-0.05, 0) is 18.6 Å². The Morgan fingerprint density at radius 2 is 1.64 bits per heavy atom. The number of aryl methyl sites for hydroxylation is 1. The Morgan fingerprint density at radius 1 is 0.955 bits per heavy atom. The number of nitrogens with zero attached hydrogens (tertiary/aromatic N) is 2. The first-order valence-electron chi connectivity index (χ1n) is 6.89. The molecular weight excluding hydrogens is 278 g/mol. The van der Waals surface area contributed by atoms with E-state index in [1.807, 2.05) is 37.3 Å². The third-order valence-corrected chi connectivity index (χ3v) is 3.62. The van der Waals surface area contributed by atoms with Crippen LogP contribution >= 0.6 is 0 Å². The van der Waals surface area contributed by atoms with E-state index in [4.69, 9.17) is 15.2 Å². The Hall–Kier alpha value is -2.82. The fraction of sp³-hybridized carbons (Fsp3) is 0.176. The summed E-state index contributed by atoms with van der Waals surface area (Å²) in [5, 5.41) is 0.745. The first-order valence-corrected chi connectivity index (χ1v) is 6.89. The average Bonchev–Trinajstić information content (AvgIpc) is 2.54. The molecule has 22 heavy (non-hydrogen) atoms. The molecule has 5 heteroatoms. The maximum atomic E-state index is 6.11. The molecule has 0 spiro atoms. The van der Waals surface area contributed by atoms with E-state index >= 15 is 0 Å². The summed E-state index contributed by atoms with van der Waals surface area (Å²) in [6.07, 6.45) is 0. The highest BCUT2D eigenvalue weighted by Gasteiger charge is 2.13. The smallest absolute Gasteiger partial charge is 0.162 e. The topological polar surface area (TPSA) is 70.3 Å². The summed E-state index contributed by atoms with van der Waals surface area (Å²) in [5.41, 5.74) is 8.90. The zero-order chi connectivity index (χ0) is 15.7. The van der Waals surface area contributed by atoms with Crippen molar-refractivity contribution >= 4 is 16.7 Å². The predicted octanol–water partition coefficient (Wildman–Crippen LogP) is 3.20. The van der Waals surface area contributed by atoms with Crippen LogP contribution in [0.1, 0.15) is 5.56 Å². The number of nitrogens with two attached hydrogens (primary N) is 1. The van der Waals surface area contributed by atoms with Gasteiger partial charge >= 0.3 is 0 Å². The number of methoxy groups -OCH3 is 2. The lowest BCUT2D eigenvalue weighted by Crippen LogP contribution is -2.00. The molecule has 0 unspecified atom stereocenters. The Bertz CT molecular complexity index is 847. The van der Waals surface area contributed by atoms with Gasteiger partial charge in [-0.15, -0.1) is 0 Å². The van der Waals surface area contributed by atoms with Gasteiger partial charge in [0, 0.05) is 17.0 Å². The molecule has 2 N–H and O–H groups in total. The van der Waals surface area contributed by atoms with E-state index in [-0.39, 0.29) is 0 Å². The molecule has 0 fully saturated rings. The summed E-state index contributed by atoms with van der Waals surface area (Å²) in [4.78, 5) is 9.06. The van der Waals surface area contributed by atoms with Crippen molar-refractivity contribution in [1.82, 2.24) is 9.97 Å². The molecule has 0 saturated heterocycles. The van der Waals surface area contributed by atoms with E-state index in [2.05, 4.69) is 9.97 Å². The largest absolute Gasteiger partial charge is 0.493 e. The fourth-order valence-electron chi connectivity index (χ4n) is 2.42. The quantitative estimate of drug-likeness (QED) is 0.803. The number of nitrogen functional groups attached to an aromatic ring is 1. The first kappa shape index (κ1) is 14.1. The summed E-state index contributed by atoms with van der Waals surface area (Å²) in [6, 6.07) is 11.6. The fourth-order valence-corrected chi connectivity index (χ4v) is 2.42. The molecule has 0 aliphatic carbocycles. The van der Waals surface area contributed by atoms with Gasteiger partial charge in [0.05, 0.1) is 19.7 Å². The van der Waals surface area contributed by atoms with Gasteiger partial charge in [0.2, 0.25) is 0 Å². The van der Waals surface area contributed by atoms with Crippen LogP contribution in [0.3, 0.4) is 0 Å². The second kappa shape index (κ2) is 5.52. The van der Waals surface area contributed by atoms with Crippen molar-refractivity contribution in [3.63, 3.8) is 0 Å². The van der Waals surface area contributed by atoms with Crippen LogP contribution in [0.5, 0.6) is 11.5 Å². The lowest BCUT2D eigenvalue weighted by atomic mass is 10.1. The number of anilines is 1. The molecule has 1 aromatic heterocycles. The van der Waals surface area contributed by atoms with Gasteiger partial charge < -0.3 is 15.2 Å². The number of hydrogen-bond acceptors (Lipinski definition) is 5. The van der Waals surface area contributed by atoms with Crippen LogP contribution in [0.15, 0.2) is 36.4 Å². The van der Waals surface area contributed by atoms with Gasteiger partial charge in [-0.25, -0.2) is 9.97 Å². The number of hydrogen-bond donors (Lipinski definition) is 1. The van der Waals surface area contributed by atoms with Crippen molar-refractivity contribution in [2.45, 2.75) is 6.92 Å². The van der Waals surface area contributed by atoms with Crippen LogP contribution in [-0.2, 0) is 0 Å². The molecule has 3 rings (SSSR count). The minimum absolute atomic E-state index is 0.421. The summed E-state index contributed by atoms with van der Waals surface area (Å²) >= 11 is 0. The van der Waals surface area contributed by atoms with Gasteiger partial charge in [0.25, 0.3) is 0 Å². The molecule has 1 heterocycles. The molecule has 2 aromatic carbocycles. The average molecular weight is 295 g/mol. The Balaban J connectivity index is 2.26. The second-order valence-corrected chi connectivity index (χ2v) is 4.97. The summed E-state index contributed by atoms with van der Waals surface area (Å²) in [5.74, 6) is 2.25. The molecule has 0 amide bonds. The molecule has 0 radical (unpaired) electrons. The summed E-state index contributed by atoms with van der Waals surface area (Å²) < 4.78 is 10.6. The van der Waals surface area contributed by atoms with Crippen molar-refractivity contribution in [2.75, 3.05) is 20.0 Å². The highest BCUT2D eigenvalue weighted by Crippen LogP contribution is 2.34. The molecule has 0 aliphatic heterocycles. The molecule has 112 valence electrons. The van der Waals surface area contributed by atoms with E-state index in [9.17, 15) is 0 Å². The van der Waals surface area contributed by atoms with E-state index in [1.54, 1.807) is 20.3 Å². The number of benzene rings is 2. The van der Waals surface area contributed by atoms with Gasteiger partial charge in [-0.2, -0.15) is 0 Å². The van der Waals surface area contributed by atoms with Crippen LogP contribution in [0.2, 0.25) is 0 Å². The Labute approximate surface area is 128 Å². The molecule has 0 bridgehead atoms. The molecule has 0 atom stereocenters. The van der Waals surface area contributed by atoms with Crippen molar-refractivity contribution in [3.8, 4) is 22.9 Å². The number of aromatic nitrogens is 2. The molecule has 0 aliphatic rings. The zero-order valence-corrected chi connectivity index (χ0v) is 12.8. The van der Waals surface area contributed by atoms with E-state index < -0.39 is 0 Å². The normalized spacial score (nSPS) is 10.7. The van der Waals surface area contributed by atoms with Crippen LogP contribution in [-0.4, -0.2) is 24.2 Å². The van der Waals surface area contributed by atoms with Crippen LogP contribution in [0.25, 0.3) is 22.3 Å². The minimum Gasteiger partial charge on any atom is -0.493 e. The summed E-state index contributed by atoms with van der Waals surface area (Å²) in [7, 11) is 3.18. The van der Waals surface area contributed by atoms with Crippen molar-refractivity contribution in [2.24, 2.45) is 0 Å². The monoisotopic (exact) mass is 295 g/mol. The van der Waals surface area contributed by atoms with Gasteiger partial charge in [-0.3, -0.25) is 0 Å². The molecule has 0 saturated carbocycles. The SMILES string of the molecule is COc1cc2nc(-c3ccccc3C)nc(N)c2cc1OC. The minimum atomic E-state index is 0.421. The first-order chi connectivity index (χ1) is 10.6. The lowest BCUT2D eigenvalue weighted by molar-refractivity contribution is 0.356. The van der Waals surface area contributed by atoms with Gasteiger partial charge in [-0.1, -0.05) is 24.3 Å². The van der Waals surface area contributed by atoms with Gasteiger partial charge in [0.15, 0.2) is 17.3 Å². The predicted molar refractivity (Wildman–Crippen MR) is 87.2 cm³/mol. The van der Waals surface area contributed by atoms with Crippen LogP contribution < -0.4 is 15.2 Å². The maximum Gasteiger partial charge on any atom is 0.162 e. The van der Waals surface area contributed by atoms with Gasteiger partial charge in [0.1, 0.15) is 5.82 Å². The third-order valence-electron chi connectivity index (χ3n) is 3.62. The van der Waals surface area contributed by atoms with E-state index in [1.165, 1.54) is 0 Å². The van der Waals surface area contributed by atoms with Crippen LogP contribution in [0.4, 0.5) is 5.82 Å². The van der Waals surface area contributed by atoms with E-state index in [0.29, 0.717) is 23.1 Å². The molecule has 5 nitrogen and oxygen atoms in total. The number of fused-ring (bicyclic) bond motifs is 1. The van der Waals surface area contributed by atoms with Crippen molar-refractivity contribution in [1.29, 1.82) is 0 Å². The Morgan fingerprint density at radius 3 is 2.32 bits per heavy atom. The standard InChI is InChI=1S/C17H17N3O2/c1-10-6-4-5-7-11(10)17-19-13-9-15(22-3)14(21-2)8-12(13)16(18)20-17/h4-9H,1-3H3,(H2,18,19,20). The highest BCUT2D eigenvalue weighted by molar-refractivity contribution is 5.92. The molecular formula is C17H17N3O2. The molecule has 3 aromatic rings. The Kier molecular flexibility index (Phi) is 3.55. The van der Waals surface area contributed by atoms with Crippen LogP contribution in [0, 0.1) is 6.92 Å². The summed E-state index contributed by atoms with van der Waals surface area (Å²) in [6.45, 7) is 2.02. The van der Waals surface area contributed by atoms with Crippen molar-refractivity contribution < 1.29 is 9.47 Å². The highest BCUT2D eigenvalue weighted by atomic mass is 16.5. The maximum absolute atomic E-state index is 6.11. The number of rotatable bonds is 3. The zero-order valence-electron chi connectivity index (χ0n) is 12.8. The van der Waals surface area contributed by atoms with Crippen molar-refractivity contribution in [3.05, 3.63) is 42.0 Å². The second-order valence-electron chi connectivity index (χ2n) is 4.97. The third kappa shape index (κ3) is 2.30.